The Hall–Kier alpha value is -1.80. The summed E-state index contributed by atoms with van der Waals surface area (Å²) in [6.07, 6.45) is 0. The van der Waals surface area contributed by atoms with Gasteiger partial charge in [0.15, 0.2) is 17.5 Å². The molecule has 0 aliphatic rings. The fourth-order valence-electron chi connectivity index (χ4n) is 1.49. The third kappa shape index (κ3) is 3.11. The lowest BCUT2D eigenvalue weighted by atomic mass is 10.3. The molecule has 0 spiro atoms. The predicted molar refractivity (Wildman–Crippen MR) is 68.5 cm³/mol. The first-order valence-electron chi connectivity index (χ1n) is 5.34. The van der Waals surface area contributed by atoms with Gasteiger partial charge < -0.3 is 0 Å². The number of nitrogens with one attached hydrogen (secondary N) is 1. The number of halogens is 5. The van der Waals surface area contributed by atoms with E-state index >= 15 is 0 Å². The lowest BCUT2D eigenvalue weighted by molar-refractivity contribution is 0.432. The molecule has 3 nitrogen and oxygen atoms in total. The Labute approximate surface area is 122 Å². The smallest absolute Gasteiger partial charge is 0.264 e. The van der Waals surface area contributed by atoms with Crippen molar-refractivity contribution in [2.45, 2.75) is 4.90 Å². The average Bonchev–Trinajstić information content (AvgIpc) is 2.39. The molecule has 0 aromatic heterocycles. The molecule has 0 radical (unpaired) electrons. The predicted octanol–water partition coefficient (Wildman–Crippen LogP) is 3.70. The van der Waals surface area contributed by atoms with E-state index in [9.17, 15) is 26.0 Å². The lowest BCUT2D eigenvalue weighted by Gasteiger charge is -2.10. The van der Waals surface area contributed by atoms with Crippen LogP contribution in [0, 0.1) is 23.3 Å². The molecule has 2 aromatic carbocycles. The maximum atomic E-state index is 13.5. The molecule has 0 fully saturated rings. The van der Waals surface area contributed by atoms with E-state index in [2.05, 4.69) is 0 Å². The van der Waals surface area contributed by atoms with E-state index < -0.39 is 38.2 Å². The van der Waals surface area contributed by atoms with Crippen molar-refractivity contribution in [2.24, 2.45) is 0 Å². The van der Waals surface area contributed by atoms with Crippen LogP contribution in [0.4, 0.5) is 23.2 Å². The number of benzene rings is 2. The molecule has 21 heavy (non-hydrogen) atoms. The molecular formula is C12H6ClF4NO2S. The summed E-state index contributed by atoms with van der Waals surface area (Å²) in [5.74, 6) is -6.05. The van der Waals surface area contributed by atoms with Gasteiger partial charge in [-0.05, 0) is 30.3 Å². The minimum absolute atomic E-state index is 0.162. The number of hydrogen-bond acceptors (Lipinski definition) is 2. The quantitative estimate of drug-likeness (QED) is 0.684. The van der Waals surface area contributed by atoms with Gasteiger partial charge in [0.1, 0.15) is 10.7 Å². The summed E-state index contributed by atoms with van der Waals surface area (Å²) in [7, 11) is -4.53. The molecule has 0 saturated heterocycles. The Morgan fingerprint density at radius 1 is 0.905 bits per heavy atom. The molecule has 0 bridgehead atoms. The van der Waals surface area contributed by atoms with Gasteiger partial charge in [-0.15, -0.1) is 0 Å². The summed E-state index contributed by atoms with van der Waals surface area (Å²) in [4.78, 5) is -1.08. The zero-order valence-corrected chi connectivity index (χ0v) is 11.6. The first kappa shape index (κ1) is 15.6. The van der Waals surface area contributed by atoms with Crippen LogP contribution in [-0.2, 0) is 10.0 Å². The number of anilines is 1. The summed E-state index contributed by atoms with van der Waals surface area (Å²) in [6.45, 7) is 0. The van der Waals surface area contributed by atoms with E-state index in [4.69, 9.17) is 11.6 Å². The van der Waals surface area contributed by atoms with Gasteiger partial charge in [0.05, 0.1) is 10.7 Å². The second-order valence-electron chi connectivity index (χ2n) is 3.91. The van der Waals surface area contributed by atoms with Gasteiger partial charge in [-0.2, -0.15) is 0 Å². The van der Waals surface area contributed by atoms with Gasteiger partial charge in [0.25, 0.3) is 10.0 Å². The van der Waals surface area contributed by atoms with Crippen LogP contribution in [0.2, 0.25) is 5.02 Å². The Morgan fingerprint density at radius 3 is 2.14 bits per heavy atom. The van der Waals surface area contributed by atoms with Crippen molar-refractivity contribution in [1.82, 2.24) is 0 Å². The van der Waals surface area contributed by atoms with Crippen molar-refractivity contribution in [3.8, 4) is 0 Å². The zero-order chi connectivity index (χ0) is 15.8. The Balaban J connectivity index is 2.43. The minimum Gasteiger partial charge on any atom is -0.279 e. The molecule has 0 atom stereocenters. The van der Waals surface area contributed by atoms with Crippen LogP contribution in [0.25, 0.3) is 0 Å². The van der Waals surface area contributed by atoms with Crippen LogP contribution in [0.1, 0.15) is 0 Å². The molecule has 0 saturated carbocycles. The van der Waals surface area contributed by atoms with Gasteiger partial charge in [0, 0.05) is 0 Å². The first-order chi connectivity index (χ1) is 9.72. The van der Waals surface area contributed by atoms with Gasteiger partial charge >= 0.3 is 0 Å². The van der Waals surface area contributed by atoms with Gasteiger partial charge in [-0.3, -0.25) is 4.72 Å². The molecular weight excluding hydrogens is 334 g/mol. The topological polar surface area (TPSA) is 46.2 Å². The standard InChI is InChI=1S/C12H6ClF4NO2S/c13-7-5-6(1-2-8(7)14)18-21(19,20)10-4-3-9(15)11(16)12(10)17/h1-5,18H. The number of sulfonamides is 1. The molecule has 2 rings (SSSR count). The van der Waals surface area contributed by atoms with Crippen LogP contribution in [-0.4, -0.2) is 8.42 Å². The first-order valence-corrected chi connectivity index (χ1v) is 7.20. The SMILES string of the molecule is O=S(=O)(Nc1ccc(F)c(Cl)c1)c1ccc(F)c(F)c1F. The Bertz CT molecular complexity index is 811. The summed E-state index contributed by atoms with van der Waals surface area (Å²) in [6, 6.07) is 3.93. The Morgan fingerprint density at radius 2 is 1.52 bits per heavy atom. The second kappa shape index (κ2) is 5.53. The van der Waals surface area contributed by atoms with Crippen LogP contribution in [0.15, 0.2) is 35.2 Å². The van der Waals surface area contributed by atoms with E-state index in [1.807, 2.05) is 4.72 Å². The molecule has 0 unspecified atom stereocenters. The maximum absolute atomic E-state index is 13.5. The van der Waals surface area contributed by atoms with E-state index in [-0.39, 0.29) is 10.7 Å². The van der Waals surface area contributed by atoms with E-state index in [0.717, 1.165) is 18.2 Å². The summed E-state index contributed by atoms with van der Waals surface area (Å²) in [5, 5.41) is -0.360. The highest BCUT2D eigenvalue weighted by molar-refractivity contribution is 7.92. The molecule has 0 heterocycles. The van der Waals surface area contributed by atoms with Crippen molar-refractivity contribution < 1.29 is 26.0 Å². The molecule has 1 N–H and O–H groups in total. The maximum Gasteiger partial charge on any atom is 0.264 e. The largest absolute Gasteiger partial charge is 0.279 e. The number of rotatable bonds is 3. The highest BCUT2D eigenvalue weighted by Crippen LogP contribution is 2.24. The van der Waals surface area contributed by atoms with Crippen molar-refractivity contribution >= 4 is 27.3 Å². The van der Waals surface area contributed by atoms with Gasteiger partial charge in [0.2, 0.25) is 0 Å². The van der Waals surface area contributed by atoms with Crippen molar-refractivity contribution in [2.75, 3.05) is 4.72 Å². The third-order valence-electron chi connectivity index (χ3n) is 2.46. The average molecular weight is 340 g/mol. The summed E-state index contributed by atoms with van der Waals surface area (Å²) >= 11 is 5.47. The summed E-state index contributed by atoms with van der Waals surface area (Å²) < 4.78 is 78.0. The summed E-state index contributed by atoms with van der Waals surface area (Å²) in [5.41, 5.74) is -0.162. The van der Waals surface area contributed by atoms with Crippen LogP contribution < -0.4 is 4.72 Å². The molecule has 0 amide bonds. The highest BCUT2D eigenvalue weighted by Gasteiger charge is 2.24. The van der Waals surface area contributed by atoms with E-state index in [1.165, 1.54) is 0 Å². The zero-order valence-electron chi connectivity index (χ0n) is 10.0. The van der Waals surface area contributed by atoms with Crippen molar-refractivity contribution in [3.05, 3.63) is 58.6 Å². The highest BCUT2D eigenvalue weighted by atomic mass is 35.5. The third-order valence-corrected chi connectivity index (χ3v) is 4.15. The lowest BCUT2D eigenvalue weighted by Crippen LogP contribution is -2.15. The van der Waals surface area contributed by atoms with Crippen molar-refractivity contribution in [3.63, 3.8) is 0 Å². The Kier molecular flexibility index (Phi) is 4.11. The monoisotopic (exact) mass is 339 g/mol. The van der Waals surface area contributed by atoms with E-state index in [1.54, 1.807) is 0 Å². The second-order valence-corrected chi connectivity index (χ2v) is 5.97. The van der Waals surface area contributed by atoms with Crippen LogP contribution >= 0.6 is 11.6 Å². The van der Waals surface area contributed by atoms with Gasteiger partial charge in [-0.1, -0.05) is 11.6 Å². The minimum atomic E-state index is -4.53. The number of hydrogen-bond donors (Lipinski definition) is 1. The van der Waals surface area contributed by atoms with Crippen molar-refractivity contribution in [1.29, 1.82) is 0 Å². The fraction of sp³-hybridized carbons (Fsp3) is 0. The molecule has 112 valence electrons. The van der Waals surface area contributed by atoms with Gasteiger partial charge in [-0.25, -0.2) is 26.0 Å². The molecule has 0 aliphatic heterocycles. The molecule has 9 heteroatoms. The van der Waals surface area contributed by atoms with Crippen LogP contribution in [0.5, 0.6) is 0 Å². The normalized spacial score (nSPS) is 11.5. The van der Waals surface area contributed by atoms with E-state index in [0.29, 0.717) is 12.1 Å². The molecule has 0 aliphatic carbocycles. The van der Waals surface area contributed by atoms with Crippen LogP contribution in [0.3, 0.4) is 0 Å². The molecule has 2 aromatic rings. The fourth-order valence-corrected chi connectivity index (χ4v) is 2.79.